The van der Waals surface area contributed by atoms with Crippen LogP contribution >= 0.6 is 0 Å². The van der Waals surface area contributed by atoms with Gasteiger partial charge < -0.3 is 14.0 Å². The molecular formula is C17H17N3O7S. The Bertz CT molecular complexity index is 1190. The van der Waals surface area contributed by atoms with Gasteiger partial charge in [-0.15, -0.1) is 0 Å². The van der Waals surface area contributed by atoms with Gasteiger partial charge in [0, 0.05) is 23.1 Å². The summed E-state index contributed by atoms with van der Waals surface area (Å²) in [6.07, 6.45) is 0.565. The summed E-state index contributed by atoms with van der Waals surface area (Å²) in [5.41, 5.74) is 0.893. The first-order valence-electron chi connectivity index (χ1n) is 8.07. The Balaban J connectivity index is 2.50. The monoisotopic (exact) mass is 407 g/mol. The van der Waals surface area contributed by atoms with Gasteiger partial charge in [-0.25, -0.2) is 13.6 Å². The number of fused-ring (bicyclic) bond motifs is 1. The molecule has 0 saturated heterocycles. The van der Waals surface area contributed by atoms with E-state index in [9.17, 15) is 18.5 Å². The van der Waals surface area contributed by atoms with Crippen LogP contribution in [0.2, 0.25) is 0 Å². The quantitative estimate of drug-likeness (QED) is 0.484. The third kappa shape index (κ3) is 3.14. The van der Waals surface area contributed by atoms with Crippen LogP contribution in [0.4, 0.5) is 5.69 Å². The Kier molecular flexibility index (Phi) is 4.96. The number of primary sulfonamides is 1. The summed E-state index contributed by atoms with van der Waals surface area (Å²) in [5, 5.41) is 21.5. The zero-order valence-corrected chi connectivity index (χ0v) is 16.1. The second kappa shape index (κ2) is 7.09. The maximum Gasteiger partial charge on any atom is 0.281 e. The summed E-state index contributed by atoms with van der Waals surface area (Å²) in [4.78, 5) is 10.6. The number of nitro groups is 1. The molecule has 0 amide bonds. The molecule has 2 aromatic carbocycles. The predicted molar refractivity (Wildman–Crippen MR) is 100.0 cm³/mol. The van der Waals surface area contributed by atoms with Crippen LogP contribution in [-0.4, -0.2) is 32.7 Å². The lowest BCUT2D eigenvalue weighted by atomic mass is 9.98. The van der Waals surface area contributed by atoms with E-state index in [1.165, 1.54) is 20.3 Å². The first-order valence-corrected chi connectivity index (χ1v) is 9.62. The summed E-state index contributed by atoms with van der Waals surface area (Å²) in [5.74, 6) is -0.0249. The van der Waals surface area contributed by atoms with Gasteiger partial charge in [0.2, 0.25) is 10.0 Å². The van der Waals surface area contributed by atoms with Crippen molar-refractivity contribution in [2.45, 2.75) is 18.2 Å². The highest BCUT2D eigenvalue weighted by Gasteiger charge is 2.30. The van der Waals surface area contributed by atoms with E-state index in [4.69, 9.17) is 19.1 Å². The average Bonchev–Trinajstić information content (AvgIpc) is 3.06. The van der Waals surface area contributed by atoms with E-state index in [1.807, 2.05) is 6.92 Å². The molecule has 3 rings (SSSR count). The van der Waals surface area contributed by atoms with Crippen LogP contribution in [0.5, 0.6) is 11.5 Å². The number of methoxy groups -OCH3 is 2. The van der Waals surface area contributed by atoms with Crippen molar-refractivity contribution in [1.29, 1.82) is 0 Å². The summed E-state index contributed by atoms with van der Waals surface area (Å²) >= 11 is 0. The number of aryl methyl sites for hydroxylation is 1. The van der Waals surface area contributed by atoms with Gasteiger partial charge >= 0.3 is 0 Å². The third-order valence-electron chi connectivity index (χ3n) is 4.28. The molecule has 10 nitrogen and oxygen atoms in total. The highest BCUT2D eigenvalue weighted by atomic mass is 32.2. The van der Waals surface area contributed by atoms with Crippen molar-refractivity contribution < 1.29 is 27.3 Å². The molecule has 0 unspecified atom stereocenters. The van der Waals surface area contributed by atoms with Crippen LogP contribution < -0.4 is 14.6 Å². The summed E-state index contributed by atoms with van der Waals surface area (Å²) in [6, 6.07) is 5.23. The minimum absolute atomic E-state index is 0.0685. The normalized spacial score (nSPS) is 11.6. The lowest BCUT2D eigenvalue weighted by Crippen LogP contribution is -2.14. The lowest BCUT2D eigenvalue weighted by Gasteiger charge is -2.15. The summed E-state index contributed by atoms with van der Waals surface area (Å²) in [6.45, 7) is 1.88. The van der Waals surface area contributed by atoms with Crippen molar-refractivity contribution in [1.82, 2.24) is 5.16 Å². The molecule has 1 heterocycles. The Morgan fingerprint density at radius 1 is 1.25 bits per heavy atom. The first-order chi connectivity index (χ1) is 13.2. The third-order valence-corrected chi connectivity index (χ3v) is 5.21. The second-order valence-electron chi connectivity index (χ2n) is 5.82. The number of ether oxygens (including phenoxy) is 2. The van der Waals surface area contributed by atoms with Crippen LogP contribution in [0, 0.1) is 10.1 Å². The fourth-order valence-electron chi connectivity index (χ4n) is 3.03. The van der Waals surface area contributed by atoms with Crippen LogP contribution in [0.1, 0.15) is 12.6 Å². The largest absolute Gasteiger partial charge is 0.496 e. The van der Waals surface area contributed by atoms with E-state index in [-0.39, 0.29) is 33.2 Å². The molecule has 0 aliphatic carbocycles. The number of rotatable bonds is 6. The number of hydrogen-bond donors (Lipinski definition) is 1. The maximum atomic E-state index is 12.0. The average molecular weight is 407 g/mol. The standard InChI is InChI=1S/C17H17N3O7S/c1-4-11-9-7-10(13(25-2)8-14(9)27-19-11)16-12(20(21)22)5-6-15(17(16)26-3)28(18,23)24/h5-8H,4H2,1-3H3,(H2,18,23,24). The summed E-state index contributed by atoms with van der Waals surface area (Å²) in [7, 11) is -1.62. The Labute approximate surface area is 160 Å². The topological polar surface area (TPSA) is 148 Å². The molecule has 148 valence electrons. The van der Waals surface area contributed by atoms with Gasteiger partial charge in [-0.2, -0.15) is 0 Å². The minimum Gasteiger partial charge on any atom is -0.496 e. The first kappa shape index (κ1) is 19.6. The zero-order chi connectivity index (χ0) is 20.6. The van der Waals surface area contributed by atoms with Crippen molar-refractivity contribution in [2.24, 2.45) is 5.14 Å². The van der Waals surface area contributed by atoms with Crippen molar-refractivity contribution in [3.05, 3.63) is 40.1 Å². The number of nitrogens with zero attached hydrogens (tertiary/aromatic N) is 2. The summed E-state index contributed by atoms with van der Waals surface area (Å²) < 4.78 is 39.8. The number of nitrogens with two attached hydrogens (primary N) is 1. The maximum absolute atomic E-state index is 12.0. The van der Waals surface area contributed by atoms with Crippen molar-refractivity contribution >= 4 is 26.7 Å². The Morgan fingerprint density at radius 2 is 1.96 bits per heavy atom. The molecule has 28 heavy (non-hydrogen) atoms. The van der Waals surface area contributed by atoms with Crippen molar-refractivity contribution in [2.75, 3.05) is 14.2 Å². The van der Waals surface area contributed by atoms with Crippen LogP contribution in [0.3, 0.4) is 0 Å². The van der Waals surface area contributed by atoms with Crippen LogP contribution in [-0.2, 0) is 16.4 Å². The molecule has 0 spiro atoms. The molecule has 2 N–H and O–H groups in total. The molecule has 11 heteroatoms. The van der Waals surface area contributed by atoms with Gasteiger partial charge in [0.15, 0.2) is 11.3 Å². The van der Waals surface area contributed by atoms with E-state index >= 15 is 0 Å². The van der Waals surface area contributed by atoms with E-state index in [0.717, 1.165) is 12.1 Å². The van der Waals surface area contributed by atoms with E-state index in [2.05, 4.69) is 5.16 Å². The second-order valence-corrected chi connectivity index (χ2v) is 7.35. The van der Waals surface area contributed by atoms with E-state index in [1.54, 1.807) is 6.07 Å². The highest BCUT2D eigenvalue weighted by molar-refractivity contribution is 7.89. The van der Waals surface area contributed by atoms with E-state index in [0.29, 0.717) is 23.1 Å². The lowest BCUT2D eigenvalue weighted by molar-refractivity contribution is -0.384. The van der Waals surface area contributed by atoms with Gasteiger partial charge in [0.25, 0.3) is 5.69 Å². The molecule has 0 fully saturated rings. The molecule has 0 radical (unpaired) electrons. The number of aromatic nitrogens is 1. The SMILES string of the molecule is CCc1noc2cc(OC)c(-c3c([N+](=O)[O-])ccc(S(N)(=O)=O)c3OC)cc12. The minimum atomic E-state index is -4.20. The molecule has 0 aliphatic heterocycles. The Hall–Kier alpha value is -3.18. The van der Waals surface area contributed by atoms with Crippen LogP contribution in [0.15, 0.2) is 33.7 Å². The van der Waals surface area contributed by atoms with Gasteiger partial charge in [0.1, 0.15) is 16.2 Å². The fourth-order valence-corrected chi connectivity index (χ4v) is 3.73. The molecule has 0 saturated carbocycles. The van der Waals surface area contributed by atoms with Gasteiger partial charge in [-0.05, 0) is 18.6 Å². The Morgan fingerprint density at radius 3 is 2.50 bits per heavy atom. The smallest absolute Gasteiger partial charge is 0.281 e. The molecule has 1 aromatic heterocycles. The van der Waals surface area contributed by atoms with Crippen LogP contribution in [0.25, 0.3) is 22.1 Å². The molecular weight excluding hydrogens is 390 g/mol. The fraction of sp³-hybridized carbons (Fsp3) is 0.235. The highest BCUT2D eigenvalue weighted by Crippen LogP contribution is 2.46. The van der Waals surface area contributed by atoms with Gasteiger partial charge in [0.05, 0.1) is 24.8 Å². The number of nitro benzene ring substituents is 1. The zero-order valence-electron chi connectivity index (χ0n) is 15.3. The van der Waals surface area contributed by atoms with Crippen molar-refractivity contribution in [3.8, 4) is 22.6 Å². The number of benzene rings is 2. The molecule has 3 aromatic rings. The van der Waals surface area contributed by atoms with E-state index < -0.39 is 14.9 Å². The van der Waals surface area contributed by atoms with Gasteiger partial charge in [-0.1, -0.05) is 12.1 Å². The van der Waals surface area contributed by atoms with Gasteiger partial charge in [-0.3, -0.25) is 10.1 Å². The van der Waals surface area contributed by atoms with Crippen molar-refractivity contribution in [3.63, 3.8) is 0 Å². The molecule has 0 bridgehead atoms. The predicted octanol–water partition coefficient (Wildman–Crippen LogP) is 2.63. The molecule has 0 atom stereocenters. The number of hydrogen-bond acceptors (Lipinski definition) is 8. The number of sulfonamides is 1. The molecule has 0 aliphatic rings.